The highest BCUT2D eigenvalue weighted by atomic mass is 19.1. The van der Waals surface area contributed by atoms with Gasteiger partial charge in [-0.1, -0.05) is 12.1 Å². The zero-order valence-corrected chi connectivity index (χ0v) is 15.2. The van der Waals surface area contributed by atoms with Gasteiger partial charge in [0.1, 0.15) is 12.4 Å². The highest BCUT2D eigenvalue weighted by Gasteiger charge is 2.29. The Morgan fingerprint density at radius 3 is 3.00 bits per heavy atom. The van der Waals surface area contributed by atoms with Crippen molar-refractivity contribution in [3.63, 3.8) is 0 Å². The molecule has 1 aromatic heterocycles. The number of carbonyl (C=O) groups excluding carboxylic acids is 2. The number of ether oxygens (including phenoxy) is 1. The number of carbonyl (C=O) groups is 2. The lowest BCUT2D eigenvalue weighted by molar-refractivity contribution is -0.125. The summed E-state index contributed by atoms with van der Waals surface area (Å²) in [6.45, 7) is 2.94. The highest BCUT2D eigenvalue weighted by molar-refractivity contribution is 5.91. The Balaban J connectivity index is 1.58. The van der Waals surface area contributed by atoms with Crippen LogP contribution in [0.3, 0.4) is 0 Å². The normalized spacial score (nSPS) is 19.5. The van der Waals surface area contributed by atoms with Crippen LogP contribution in [0, 0.1) is 11.7 Å². The largest absolute Gasteiger partial charge is 0.373 e. The molecule has 7 nitrogen and oxygen atoms in total. The summed E-state index contributed by atoms with van der Waals surface area (Å²) in [5, 5.41) is 9.68. The van der Waals surface area contributed by atoms with E-state index in [0.29, 0.717) is 31.8 Å². The lowest BCUT2D eigenvalue weighted by atomic mass is 9.91. The number of likely N-dealkylation sites (N-methyl/N-ethyl adjacent to an activating group) is 1. The number of nitrogens with one attached hydrogen (secondary N) is 2. The molecule has 3 rings (SSSR count). The Labute approximate surface area is 156 Å². The first-order valence-electron chi connectivity index (χ1n) is 9.03. The first-order chi connectivity index (χ1) is 13.0. The van der Waals surface area contributed by atoms with Crippen molar-refractivity contribution in [2.75, 3.05) is 18.5 Å². The fraction of sp³-hybridized carbons (Fsp3) is 0.421. The number of rotatable bonds is 6. The first kappa shape index (κ1) is 19.0. The van der Waals surface area contributed by atoms with Gasteiger partial charge in [0.2, 0.25) is 11.8 Å². The lowest BCUT2D eigenvalue weighted by Crippen LogP contribution is -2.30. The van der Waals surface area contributed by atoms with Gasteiger partial charge in [0, 0.05) is 31.3 Å². The molecular weight excluding hydrogens is 351 g/mol. The van der Waals surface area contributed by atoms with E-state index in [1.807, 2.05) is 6.92 Å². The van der Waals surface area contributed by atoms with E-state index in [-0.39, 0.29) is 36.2 Å². The lowest BCUT2D eigenvalue weighted by Gasteiger charge is -2.29. The molecule has 0 aliphatic carbocycles. The smallest absolute Gasteiger partial charge is 0.241 e. The summed E-state index contributed by atoms with van der Waals surface area (Å²) in [4.78, 5) is 24.2. The fourth-order valence-electron chi connectivity index (χ4n) is 3.12. The van der Waals surface area contributed by atoms with Crippen molar-refractivity contribution in [1.82, 2.24) is 15.1 Å². The van der Waals surface area contributed by atoms with Crippen LogP contribution in [0.5, 0.6) is 0 Å². The molecule has 1 saturated heterocycles. The third-order valence-corrected chi connectivity index (χ3v) is 4.45. The molecule has 0 radical (unpaired) electrons. The van der Waals surface area contributed by atoms with Gasteiger partial charge >= 0.3 is 0 Å². The van der Waals surface area contributed by atoms with E-state index in [0.717, 1.165) is 5.56 Å². The van der Waals surface area contributed by atoms with Crippen molar-refractivity contribution in [1.29, 1.82) is 0 Å². The molecule has 144 valence electrons. The summed E-state index contributed by atoms with van der Waals surface area (Å²) < 4.78 is 20.6. The van der Waals surface area contributed by atoms with Crippen LogP contribution in [0.1, 0.15) is 31.4 Å². The van der Waals surface area contributed by atoms with E-state index in [1.165, 1.54) is 16.8 Å². The fourth-order valence-corrected chi connectivity index (χ4v) is 3.12. The van der Waals surface area contributed by atoms with E-state index in [2.05, 4.69) is 15.7 Å². The minimum absolute atomic E-state index is 0.0998. The number of hydrogen-bond acceptors (Lipinski definition) is 4. The number of nitrogens with zero attached hydrogens (tertiary/aromatic N) is 2. The number of halogens is 1. The number of aromatic nitrogens is 2. The van der Waals surface area contributed by atoms with Crippen LogP contribution in [0.4, 0.5) is 10.2 Å². The topological polar surface area (TPSA) is 85.2 Å². The van der Waals surface area contributed by atoms with Crippen LogP contribution >= 0.6 is 0 Å². The number of amides is 2. The molecule has 2 atom stereocenters. The van der Waals surface area contributed by atoms with Crippen LogP contribution < -0.4 is 10.6 Å². The third-order valence-electron chi connectivity index (χ3n) is 4.45. The Bertz CT molecular complexity index is 808. The van der Waals surface area contributed by atoms with Gasteiger partial charge in [-0.15, -0.1) is 0 Å². The zero-order valence-electron chi connectivity index (χ0n) is 15.2. The molecule has 0 spiro atoms. The molecule has 0 bridgehead atoms. The molecule has 8 heteroatoms. The maximum Gasteiger partial charge on any atom is 0.241 e. The summed E-state index contributed by atoms with van der Waals surface area (Å²) in [7, 11) is 0. The van der Waals surface area contributed by atoms with Crippen LogP contribution in [-0.4, -0.2) is 34.7 Å². The minimum atomic E-state index is -0.319. The van der Waals surface area contributed by atoms with E-state index in [4.69, 9.17) is 4.74 Å². The molecule has 2 heterocycles. The van der Waals surface area contributed by atoms with Gasteiger partial charge in [-0.2, -0.15) is 5.10 Å². The van der Waals surface area contributed by atoms with Crippen molar-refractivity contribution >= 4 is 17.6 Å². The van der Waals surface area contributed by atoms with Crippen LogP contribution in [-0.2, 0) is 20.9 Å². The predicted molar refractivity (Wildman–Crippen MR) is 97.4 cm³/mol. The number of benzene rings is 1. The maximum absolute atomic E-state index is 13.4. The van der Waals surface area contributed by atoms with E-state index in [9.17, 15) is 14.0 Å². The average molecular weight is 374 g/mol. The SMILES string of the molecule is CCNC(=O)Cn1ccc(NC(=O)[C@@H]2CCO[C@H](c3cccc(F)c3)C2)n1. The average Bonchev–Trinajstić information content (AvgIpc) is 3.08. The predicted octanol–water partition coefficient (Wildman–Crippen LogP) is 2.26. The molecule has 2 aromatic rings. The molecular formula is C19H23FN4O3. The van der Waals surface area contributed by atoms with Crippen molar-refractivity contribution in [2.45, 2.75) is 32.4 Å². The molecule has 1 aliphatic heterocycles. The molecule has 0 unspecified atom stereocenters. The Morgan fingerprint density at radius 1 is 1.37 bits per heavy atom. The van der Waals surface area contributed by atoms with Gasteiger partial charge in [-0.3, -0.25) is 14.3 Å². The quantitative estimate of drug-likeness (QED) is 0.812. The number of hydrogen-bond donors (Lipinski definition) is 2. The highest BCUT2D eigenvalue weighted by Crippen LogP contribution is 2.32. The van der Waals surface area contributed by atoms with Crippen molar-refractivity contribution in [3.05, 3.63) is 47.9 Å². The summed E-state index contributed by atoms with van der Waals surface area (Å²) >= 11 is 0. The molecule has 1 aromatic carbocycles. The second-order valence-electron chi connectivity index (χ2n) is 6.48. The summed E-state index contributed by atoms with van der Waals surface area (Å²) in [6, 6.07) is 7.91. The Kier molecular flexibility index (Phi) is 6.18. The van der Waals surface area contributed by atoms with Gasteiger partial charge in [0.05, 0.1) is 6.10 Å². The van der Waals surface area contributed by atoms with E-state index < -0.39 is 0 Å². The molecule has 1 aliphatic rings. The van der Waals surface area contributed by atoms with Crippen molar-refractivity contribution < 1.29 is 18.7 Å². The van der Waals surface area contributed by atoms with Gasteiger partial charge in [0.15, 0.2) is 5.82 Å². The molecule has 2 amide bonds. The summed E-state index contributed by atoms with van der Waals surface area (Å²) in [6.07, 6.45) is 2.41. The summed E-state index contributed by atoms with van der Waals surface area (Å²) in [5.41, 5.74) is 0.735. The van der Waals surface area contributed by atoms with Gasteiger partial charge in [-0.25, -0.2) is 4.39 Å². The van der Waals surface area contributed by atoms with Crippen molar-refractivity contribution in [2.24, 2.45) is 5.92 Å². The second kappa shape index (κ2) is 8.77. The number of anilines is 1. The van der Waals surface area contributed by atoms with Gasteiger partial charge in [0.25, 0.3) is 0 Å². The molecule has 2 N–H and O–H groups in total. The first-order valence-corrected chi connectivity index (χ1v) is 9.03. The van der Waals surface area contributed by atoms with E-state index in [1.54, 1.807) is 24.4 Å². The second-order valence-corrected chi connectivity index (χ2v) is 6.48. The zero-order chi connectivity index (χ0) is 19.2. The van der Waals surface area contributed by atoms with Crippen LogP contribution in [0.25, 0.3) is 0 Å². The molecule has 1 fully saturated rings. The van der Waals surface area contributed by atoms with Crippen LogP contribution in [0.15, 0.2) is 36.5 Å². The standard InChI is InChI=1S/C19H23FN4O3/c1-2-21-18(25)12-24-8-6-17(23-24)22-19(26)14-7-9-27-16(11-14)13-4-3-5-15(20)10-13/h3-6,8,10,14,16H,2,7,9,11-12H2,1H3,(H,21,25)(H,22,23,26)/t14-,16+/m1/s1. The van der Waals surface area contributed by atoms with Gasteiger partial charge < -0.3 is 15.4 Å². The molecule has 0 saturated carbocycles. The van der Waals surface area contributed by atoms with Crippen LogP contribution in [0.2, 0.25) is 0 Å². The Morgan fingerprint density at radius 2 is 2.22 bits per heavy atom. The third kappa shape index (κ3) is 5.13. The van der Waals surface area contributed by atoms with Gasteiger partial charge in [-0.05, 0) is 37.5 Å². The summed E-state index contributed by atoms with van der Waals surface area (Å²) in [5.74, 6) is -0.456. The van der Waals surface area contributed by atoms with E-state index >= 15 is 0 Å². The molecule has 27 heavy (non-hydrogen) atoms. The van der Waals surface area contributed by atoms with Crippen molar-refractivity contribution in [3.8, 4) is 0 Å². The monoisotopic (exact) mass is 374 g/mol. The Hall–Kier alpha value is -2.74. The minimum Gasteiger partial charge on any atom is -0.373 e. The maximum atomic E-state index is 13.4.